The Kier molecular flexibility index (Phi) is 6.23. The second-order valence-electron chi connectivity index (χ2n) is 4.44. The van der Waals surface area contributed by atoms with E-state index in [-0.39, 0.29) is 11.8 Å². The summed E-state index contributed by atoms with van der Waals surface area (Å²) in [6, 6.07) is 0. The van der Waals surface area contributed by atoms with Gasteiger partial charge in [-0.1, -0.05) is 25.9 Å². The molecular weight excluding hydrogens is 226 g/mol. The molecule has 0 unspecified atom stereocenters. The van der Waals surface area contributed by atoms with Gasteiger partial charge in [-0.05, 0) is 6.92 Å². The smallest absolute Gasteiger partial charge is 0.344 e. The molecule has 0 heterocycles. The molecule has 0 atom stereocenters. The molecule has 0 rings (SSSR count). The second kappa shape index (κ2) is 6.88. The van der Waals surface area contributed by atoms with Crippen LogP contribution in [0.3, 0.4) is 0 Å². The van der Waals surface area contributed by atoms with E-state index < -0.39 is 18.5 Å². The van der Waals surface area contributed by atoms with Crippen LogP contribution in [0.1, 0.15) is 34.1 Å². The third-order valence-electron chi connectivity index (χ3n) is 1.85. The average Bonchev–Trinajstić information content (AvgIpc) is 2.14. The number of esters is 1. The zero-order valence-corrected chi connectivity index (χ0v) is 10.6. The normalized spacial score (nSPS) is 12.1. The van der Waals surface area contributed by atoms with Crippen molar-refractivity contribution in [3.63, 3.8) is 0 Å². The Balaban J connectivity index is 4.54. The molecule has 0 fully saturated rings. The van der Waals surface area contributed by atoms with Crippen LogP contribution in [0, 0.1) is 5.41 Å². The highest BCUT2D eigenvalue weighted by molar-refractivity contribution is 6.01. The van der Waals surface area contributed by atoms with Crippen molar-refractivity contribution in [3.8, 4) is 0 Å². The maximum Gasteiger partial charge on any atom is 0.344 e. The Morgan fingerprint density at radius 2 is 1.88 bits per heavy atom. The summed E-state index contributed by atoms with van der Waals surface area (Å²) in [5, 5.41) is 12.1. The monoisotopic (exact) mass is 245 g/mol. The van der Waals surface area contributed by atoms with Crippen molar-refractivity contribution < 1.29 is 24.3 Å². The molecule has 17 heavy (non-hydrogen) atoms. The predicted molar refractivity (Wildman–Crippen MR) is 61.7 cm³/mol. The molecule has 0 bridgehead atoms. The van der Waals surface area contributed by atoms with Gasteiger partial charge in [-0.3, -0.25) is 4.79 Å². The molecule has 0 radical (unpaired) electrons. The lowest BCUT2D eigenvalue weighted by Gasteiger charge is -2.19. The Bertz CT molecular complexity index is 303. The molecule has 1 N–H and O–H groups in total. The minimum atomic E-state index is -1.11. The van der Waals surface area contributed by atoms with Gasteiger partial charge in [0.15, 0.2) is 0 Å². The summed E-state index contributed by atoms with van der Waals surface area (Å²) in [5.41, 5.74) is 0.0721. The third kappa shape index (κ3) is 7.32. The first-order valence-electron chi connectivity index (χ1n) is 5.34. The topological polar surface area (TPSA) is 85.2 Å². The van der Waals surface area contributed by atoms with Gasteiger partial charge in [0.1, 0.15) is 0 Å². The van der Waals surface area contributed by atoms with Crippen LogP contribution in [0.25, 0.3) is 0 Å². The maximum absolute atomic E-state index is 11.3. The van der Waals surface area contributed by atoms with Crippen molar-refractivity contribution in [3.05, 3.63) is 0 Å². The van der Waals surface area contributed by atoms with Gasteiger partial charge in [0, 0.05) is 5.41 Å². The van der Waals surface area contributed by atoms with Crippen LogP contribution >= 0.6 is 0 Å². The van der Waals surface area contributed by atoms with Crippen molar-refractivity contribution in [2.45, 2.75) is 34.1 Å². The fourth-order valence-electron chi connectivity index (χ4n) is 0.949. The number of hydrogen-bond acceptors (Lipinski definition) is 5. The van der Waals surface area contributed by atoms with Gasteiger partial charge in [0.25, 0.3) is 0 Å². The van der Waals surface area contributed by atoms with Gasteiger partial charge in [0.2, 0.25) is 6.61 Å². The summed E-state index contributed by atoms with van der Waals surface area (Å²) in [4.78, 5) is 26.2. The van der Waals surface area contributed by atoms with Crippen LogP contribution in [-0.2, 0) is 19.2 Å². The van der Waals surface area contributed by atoms with E-state index >= 15 is 0 Å². The van der Waals surface area contributed by atoms with Gasteiger partial charge >= 0.3 is 11.9 Å². The number of rotatable bonds is 6. The summed E-state index contributed by atoms with van der Waals surface area (Å²) >= 11 is 0. The Hall–Kier alpha value is -1.59. The molecule has 0 aromatic carbocycles. The molecule has 6 nitrogen and oxygen atoms in total. The molecule has 0 aliphatic carbocycles. The standard InChI is InChI=1S/C11H19NO5/c1-5-16-10(15)6-8(11(2,3)4)12-17-7-9(13)14/h5-7H2,1-4H3,(H,13,14)/b12-8+. The highest BCUT2D eigenvalue weighted by Gasteiger charge is 2.23. The van der Waals surface area contributed by atoms with Crippen molar-refractivity contribution in [2.24, 2.45) is 10.6 Å². The van der Waals surface area contributed by atoms with E-state index in [4.69, 9.17) is 9.84 Å². The van der Waals surface area contributed by atoms with Crippen molar-refractivity contribution >= 4 is 17.7 Å². The molecule has 0 spiro atoms. The van der Waals surface area contributed by atoms with Gasteiger partial charge in [-0.2, -0.15) is 0 Å². The molecule has 6 heteroatoms. The van der Waals surface area contributed by atoms with Crippen LogP contribution < -0.4 is 0 Å². The molecule has 0 amide bonds. The van der Waals surface area contributed by atoms with Gasteiger partial charge in [-0.25, -0.2) is 4.79 Å². The number of aliphatic carboxylic acids is 1. The van der Waals surface area contributed by atoms with Crippen LogP contribution in [0.4, 0.5) is 0 Å². The predicted octanol–water partition coefficient (Wildman–Crippen LogP) is 1.44. The van der Waals surface area contributed by atoms with E-state index in [1.165, 1.54) is 0 Å². The van der Waals surface area contributed by atoms with Crippen LogP contribution in [0.5, 0.6) is 0 Å². The van der Waals surface area contributed by atoms with Crippen molar-refractivity contribution in [2.75, 3.05) is 13.2 Å². The Labute approximate surface area is 101 Å². The van der Waals surface area contributed by atoms with E-state index in [0.29, 0.717) is 12.3 Å². The zero-order valence-electron chi connectivity index (χ0n) is 10.6. The molecule has 0 aliphatic heterocycles. The first-order valence-corrected chi connectivity index (χ1v) is 5.34. The Morgan fingerprint density at radius 1 is 1.29 bits per heavy atom. The number of oxime groups is 1. The number of carboxylic acid groups (broad SMARTS) is 1. The summed E-state index contributed by atoms with van der Waals surface area (Å²) in [6.45, 7) is 7.06. The quantitative estimate of drug-likeness (QED) is 0.435. The highest BCUT2D eigenvalue weighted by atomic mass is 16.6. The number of ether oxygens (including phenoxy) is 1. The lowest BCUT2D eigenvalue weighted by atomic mass is 9.88. The van der Waals surface area contributed by atoms with Crippen LogP contribution in [0.2, 0.25) is 0 Å². The van der Waals surface area contributed by atoms with E-state index in [1.807, 2.05) is 20.8 Å². The molecule has 0 saturated carbocycles. The summed E-state index contributed by atoms with van der Waals surface area (Å²) in [5.74, 6) is -1.52. The van der Waals surface area contributed by atoms with Crippen molar-refractivity contribution in [1.82, 2.24) is 0 Å². The first kappa shape index (κ1) is 15.4. The lowest BCUT2D eigenvalue weighted by Crippen LogP contribution is -2.25. The fourth-order valence-corrected chi connectivity index (χ4v) is 0.949. The highest BCUT2D eigenvalue weighted by Crippen LogP contribution is 2.19. The molecule has 0 aliphatic rings. The van der Waals surface area contributed by atoms with Crippen LogP contribution in [0.15, 0.2) is 5.16 Å². The van der Waals surface area contributed by atoms with E-state index in [9.17, 15) is 9.59 Å². The largest absolute Gasteiger partial charge is 0.479 e. The molecule has 98 valence electrons. The maximum atomic E-state index is 11.3. The van der Waals surface area contributed by atoms with Gasteiger partial charge < -0.3 is 14.7 Å². The first-order chi connectivity index (χ1) is 7.77. The van der Waals surface area contributed by atoms with Crippen LogP contribution in [-0.4, -0.2) is 36.0 Å². The number of carboxylic acids is 1. The van der Waals surface area contributed by atoms with Crippen molar-refractivity contribution in [1.29, 1.82) is 0 Å². The van der Waals surface area contributed by atoms with Gasteiger partial charge in [0.05, 0.1) is 18.7 Å². The molecule has 0 saturated heterocycles. The Morgan fingerprint density at radius 3 is 2.29 bits per heavy atom. The molecule has 0 aromatic rings. The van der Waals surface area contributed by atoms with E-state index in [0.717, 1.165) is 0 Å². The fraction of sp³-hybridized carbons (Fsp3) is 0.727. The summed E-state index contributed by atoms with van der Waals surface area (Å²) < 4.78 is 4.80. The summed E-state index contributed by atoms with van der Waals surface area (Å²) in [7, 11) is 0. The molecule has 0 aromatic heterocycles. The SMILES string of the molecule is CCOC(=O)C/C(=N\OCC(=O)O)C(C)(C)C. The number of hydrogen-bond donors (Lipinski definition) is 1. The minimum Gasteiger partial charge on any atom is -0.479 e. The van der Waals surface area contributed by atoms with E-state index in [1.54, 1.807) is 6.92 Å². The lowest BCUT2D eigenvalue weighted by molar-refractivity contribution is -0.142. The summed E-state index contributed by atoms with van der Waals surface area (Å²) in [6.07, 6.45) is -0.00302. The second-order valence-corrected chi connectivity index (χ2v) is 4.44. The third-order valence-corrected chi connectivity index (χ3v) is 1.85. The van der Waals surface area contributed by atoms with Gasteiger partial charge in [-0.15, -0.1) is 0 Å². The average molecular weight is 245 g/mol. The number of carbonyl (C=O) groups is 2. The minimum absolute atomic E-state index is 0.00302. The van der Waals surface area contributed by atoms with E-state index in [2.05, 4.69) is 9.99 Å². The zero-order chi connectivity index (χ0) is 13.5. The number of carbonyl (C=O) groups excluding carboxylic acids is 1. The number of nitrogens with zero attached hydrogens (tertiary/aromatic N) is 1. The molecular formula is C11H19NO5.